The summed E-state index contributed by atoms with van der Waals surface area (Å²) in [4.78, 5) is 14.1. The van der Waals surface area contributed by atoms with Crippen molar-refractivity contribution in [3.8, 4) is 0 Å². The number of para-hydroxylation sites is 1. The second kappa shape index (κ2) is 7.81. The van der Waals surface area contributed by atoms with Crippen LogP contribution in [0.25, 0.3) is 0 Å². The van der Waals surface area contributed by atoms with Crippen molar-refractivity contribution in [3.05, 3.63) is 52.2 Å². The van der Waals surface area contributed by atoms with Crippen molar-refractivity contribution in [2.45, 2.75) is 12.8 Å². The maximum absolute atomic E-state index is 11.9. The Kier molecular flexibility index (Phi) is 5.78. The van der Waals surface area contributed by atoms with E-state index < -0.39 is 0 Å². The normalized spacial score (nSPS) is 10.6. The van der Waals surface area contributed by atoms with Gasteiger partial charge in [-0.2, -0.15) is 11.3 Å². The Labute approximate surface area is 129 Å². The second-order valence-electron chi connectivity index (χ2n) is 5.16. The van der Waals surface area contributed by atoms with Gasteiger partial charge in [-0.3, -0.25) is 15.6 Å². The van der Waals surface area contributed by atoms with Crippen molar-refractivity contribution in [2.24, 2.45) is 0 Å². The molecule has 2 rings (SSSR count). The number of thiophene rings is 1. The summed E-state index contributed by atoms with van der Waals surface area (Å²) in [6.45, 7) is 1.05. The van der Waals surface area contributed by atoms with Crippen LogP contribution < -0.4 is 10.9 Å². The van der Waals surface area contributed by atoms with Crippen LogP contribution in [0.5, 0.6) is 0 Å². The Morgan fingerprint density at radius 3 is 2.76 bits per heavy atom. The first-order valence-electron chi connectivity index (χ1n) is 6.98. The summed E-state index contributed by atoms with van der Waals surface area (Å²) in [5.74, 6) is -0.112. The molecule has 1 amide bonds. The van der Waals surface area contributed by atoms with Crippen LogP contribution >= 0.6 is 11.3 Å². The lowest BCUT2D eigenvalue weighted by Gasteiger charge is -2.14. The smallest absolute Gasteiger partial charge is 0.270 e. The van der Waals surface area contributed by atoms with E-state index in [0.29, 0.717) is 5.56 Å². The first-order valence-corrected chi connectivity index (χ1v) is 7.92. The summed E-state index contributed by atoms with van der Waals surface area (Å²) >= 11 is 1.51. The number of carbonyl (C=O) groups excluding carboxylic acids is 1. The topological polar surface area (TPSA) is 44.4 Å². The maximum atomic E-state index is 11.9. The van der Waals surface area contributed by atoms with Crippen molar-refractivity contribution in [3.63, 3.8) is 0 Å². The number of hydrogen-bond acceptors (Lipinski definition) is 4. The van der Waals surface area contributed by atoms with Gasteiger partial charge in [0.05, 0.1) is 11.3 Å². The standard InChI is InChI=1S/C16H21N3OS/c1-19(2)10-5-7-13-6-3-4-8-15(13)17-18-16(20)14-9-11-21-12-14/h3-4,6,8-9,11-12,17H,5,7,10H2,1-2H3,(H,18,20). The zero-order valence-corrected chi connectivity index (χ0v) is 13.2. The van der Waals surface area contributed by atoms with Gasteiger partial charge in [0.15, 0.2) is 0 Å². The van der Waals surface area contributed by atoms with Crippen molar-refractivity contribution in [2.75, 3.05) is 26.1 Å². The van der Waals surface area contributed by atoms with Crippen molar-refractivity contribution in [1.29, 1.82) is 0 Å². The number of aryl methyl sites for hydroxylation is 1. The average molecular weight is 303 g/mol. The van der Waals surface area contributed by atoms with E-state index >= 15 is 0 Å². The maximum Gasteiger partial charge on any atom is 0.270 e. The molecule has 2 aromatic rings. The van der Waals surface area contributed by atoms with Crippen LogP contribution in [-0.2, 0) is 6.42 Å². The van der Waals surface area contributed by atoms with Gasteiger partial charge in [-0.05, 0) is 56.6 Å². The molecule has 0 radical (unpaired) electrons. The minimum Gasteiger partial charge on any atom is -0.309 e. The molecule has 0 aliphatic rings. The third-order valence-corrected chi connectivity index (χ3v) is 3.85. The Balaban J connectivity index is 1.92. The van der Waals surface area contributed by atoms with Gasteiger partial charge in [-0.15, -0.1) is 0 Å². The number of hydrazine groups is 1. The van der Waals surface area contributed by atoms with Crippen LogP contribution in [0.1, 0.15) is 22.3 Å². The average Bonchev–Trinajstić information content (AvgIpc) is 3.00. The van der Waals surface area contributed by atoms with Crippen LogP contribution in [0.15, 0.2) is 41.1 Å². The highest BCUT2D eigenvalue weighted by Crippen LogP contribution is 2.16. The molecule has 0 saturated carbocycles. The van der Waals surface area contributed by atoms with Crippen LogP contribution in [0.3, 0.4) is 0 Å². The Hall–Kier alpha value is -1.85. The van der Waals surface area contributed by atoms with Crippen molar-refractivity contribution < 1.29 is 4.79 Å². The zero-order valence-electron chi connectivity index (χ0n) is 12.4. The van der Waals surface area contributed by atoms with E-state index in [1.807, 2.05) is 35.0 Å². The summed E-state index contributed by atoms with van der Waals surface area (Å²) in [6.07, 6.45) is 2.07. The summed E-state index contributed by atoms with van der Waals surface area (Å²) in [5.41, 5.74) is 8.63. The predicted molar refractivity (Wildman–Crippen MR) is 88.7 cm³/mol. The fourth-order valence-corrected chi connectivity index (χ4v) is 2.67. The number of hydrogen-bond donors (Lipinski definition) is 2. The largest absolute Gasteiger partial charge is 0.309 e. The van der Waals surface area contributed by atoms with Gasteiger partial charge in [-0.25, -0.2) is 0 Å². The lowest BCUT2D eigenvalue weighted by atomic mass is 10.1. The molecule has 0 atom stereocenters. The van der Waals surface area contributed by atoms with Gasteiger partial charge in [-0.1, -0.05) is 18.2 Å². The summed E-state index contributed by atoms with van der Waals surface area (Å²) < 4.78 is 0. The monoisotopic (exact) mass is 303 g/mol. The van der Waals surface area contributed by atoms with Gasteiger partial charge in [0.1, 0.15) is 0 Å². The predicted octanol–water partition coefficient (Wildman–Crippen LogP) is 3.00. The van der Waals surface area contributed by atoms with E-state index in [9.17, 15) is 4.79 Å². The number of carbonyl (C=O) groups is 1. The van der Waals surface area contributed by atoms with E-state index in [0.717, 1.165) is 25.1 Å². The van der Waals surface area contributed by atoms with E-state index in [2.05, 4.69) is 35.9 Å². The van der Waals surface area contributed by atoms with Gasteiger partial charge < -0.3 is 4.90 Å². The number of rotatable bonds is 7. The fourth-order valence-electron chi connectivity index (χ4n) is 2.04. The molecule has 1 aromatic heterocycles. The molecular formula is C16H21N3OS. The van der Waals surface area contributed by atoms with Gasteiger partial charge in [0, 0.05) is 5.38 Å². The van der Waals surface area contributed by atoms with E-state index in [-0.39, 0.29) is 5.91 Å². The van der Waals surface area contributed by atoms with Crippen LogP contribution in [0, 0.1) is 0 Å². The highest BCUT2D eigenvalue weighted by molar-refractivity contribution is 7.08. The molecule has 0 saturated heterocycles. The van der Waals surface area contributed by atoms with Crippen LogP contribution in [0.2, 0.25) is 0 Å². The molecule has 0 aliphatic carbocycles. The van der Waals surface area contributed by atoms with E-state index in [1.54, 1.807) is 0 Å². The molecule has 1 aromatic carbocycles. The number of anilines is 1. The van der Waals surface area contributed by atoms with Crippen LogP contribution in [-0.4, -0.2) is 31.4 Å². The first-order chi connectivity index (χ1) is 10.2. The molecule has 112 valence electrons. The minimum absolute atomic E-state index is 0.112. The molecule has 0 unspecified atom stereocenters. The number of nitrogens with one attached hydrogen (secondary N) is 2. The lowest BCUT2D eigenvalue weighted by molar-refractivity contribution is 0.0963. The first kappa shape index (κ1) is 15.5. The molecule has 0 fully saturated rings. The SMILES string of the molecule is CN(C)CCCc1ccccc1NNC(=O)c1ccsc1. The molecule has 5 heteroatoms. The molecular weight excluding hydrogens is 282 g/mol. The van der Waals surface area contributed by atoms with Crippen LogP contribution in [0.4, 0.5) is 5.69 Å². The van der Waals surface area contributed by atoms with E-state index in [4.69, 9.17) is 0 Å². The second-order valence-corrected chi connectivity index (χ2v) is 5.94. The third-order valence-electron chi connectivity index (χ3n) is 3.16. The Morgan fingerprint density at radius 2 is 2.05 bits per heavy atom. The molecule has 1 heterocycles. The third kappa shape index (κ3) is 4.88. The number of benzene rings is 1. The van der Waals surface area contributed by atoms with Gasteiger partial charge in [0.25, 0.3) is 5.91 Å². The molecule has 2 N–H and O–H groups in total. The molecule has 4 nitrogen and oxygen atoms in total. The highest BCUT2D eigenvalue weighted by Gasteiger charge is 2.06. The zero-order chi connectivity index (χ0) is 15.1. The Bertz CT molecular complexity index is 567. The Morgan fingerprint density at radius 1 is 1.24 bits per heavy atom. The molecule has 21 heavy (non-hydrogen) atoms. The minimum atomic E-state index is -0.112. The number of amides is 1. The molecule has 0 bridgehead atoms. The van der Waals surface area contributed by atoms with E-state index in [1.165, 1.54) is 16.9 Å². The number of nitrogens with zero attached hydrogens (tertiary/aromatic N) is 1. The molecule has 0 spiro atoms. The summed E-state index contributed by atoms with van der Waals surface area (Å²) in [7, 11) is 4.15. The van der Waals surface area contributed by atoms with Crippen molar-refractivity contribution >= 4 is 22.9 Å². The summed E-state index contributed by atoms with van der Waals surface area (Å²) in [6, 6.07) is 9.88. The molecule has 0 aliphatic heterocycles. The van der Waals surface area contributed by atoms with Gasteiger partial charge in [0.2, 0.25) is 0 Å². The van der Waals surface area contributed by atoms with Gasteiger partial charge >= 0.3 is 0 Å². The van der Waals surface area contributed by atoms with Crippen molar-refractivity contribution in [1.82, 2.24) is 10.3 Å². The summed E-state index contributed by atoms with van der Waals surface area (Å²) in [5, 5.41) is 3.73. The highest BCUT2D eigenvalue weighted by atomic mass is 32.1. The lowest BCUT2D eigenvalue weighted by Crippen LogP contribution is -2.29. The quantitative estimate of drug-likeness (QED) is 0.773. The fraction of sp³-hybridized carbons (Fsp3) is 0.312.